The fraction of sp³-hybridized carbons (Fsp3) is 0.310. The molecule has 0 aliphatic heterocycles. The highest BCUT2D eigenvalue weighted by atomic mass is 35.5. The standard InChI is InChI=1S/C29H33ClN2O2S/c1-4-31-29(34)27(17-23-10-6-5-7-11-23)32(18-25-12-8-9-13-26(25)30)28(33)20-35-19-24-15-21(2)14-22(3)16-24/h5-16,27H,4,17-20H2,1-3H3,(H,31,34). The Morgan fingerprint density at radius 2 is 1.60 bits per heavy atom. The van der Waals surface area contributed by atoms with Crippen molar-refractivity contribution in [3.63, 3.8) is 0 Å². The normalized spacial score (nSPS) is 11.7. The number of hydrogen-bond acceptors (Lipinski definition) is 3. The molecule has 35 heavy (non-hydrogen) atoms. The number of rotatable bonds is 11. The Balaban J connectivity index is 1.84. The summed E-state index contributed by atoms with van der Waals surface area (Å²) in [6, 6.07) is 23.1. The maximum Gasteiger partial charge on any atom is 0.243 e. The molecule has 0 radical (unpaired) electrons. The van der Waals surface area contributed by atoms with E-state index in [4.69, 9.17) is 11.6 Å². The van der Waals surface area contributed by atoms with E-state index in [-0.39, 0.29) is 24.1 Å². The zero-order valence-electron chi connectivity index (χ0n) is 20.6. The Hall–Kier alpha value is -2.76. The summed E-state index contributed by atoms with van der Waals surface area (Å²) >= 11 is 8.02. The van der Waals surface area contributed by atoms with Crippen LogP contribution >= 0.6 is 23.4 Å². The van der Waals surface area contributed by atoms with E-state index < -0.39 is 6.04 Å². The zero-order chi connectivity index (χ0) is 25.2. The maximum atomic E-state index is 13.6. The molecule has 3 aromatic rings. The number of amides is 2. The molecule has 0 aliphatic rings. The van der Waals surface area contributed by atoms with Crippen molar-refractivity contribution in [3.05, 3.63) is 106 Å². The average molecular weight is 509 g/mol. The number of carbonyl (C=O) groups excluding carboxylic acids is 2. The van der Waals surface area contributed by atoms with Crippen LogP contribution in [0, 0.1) is 13.8 Å². The van der Waals surface area contributed by atoms with E-state index in [9.17, 15) is 9.59 Å². The monoisotopic (exact) mass is 508 g/mol. The molecule has 0 fully saturated rings. The van der Waals surface area contributed by atoms with Crippen LogP contribution in [0.1, 0.15) is 34.7 Å². The Morgan fingerprint density at radius 1 is 0.943 bits per heavy atom. The van der Waals surface area contributed by atoms with Crippen molar-refractivity contribution in [2.45, 2.75) is 45.5 Å². The average Bonchev–Trinajstić information content (AvgIpc) is 2.82. The smallest absolute Gasteiger partial charge is 0.243 e. The predicted molar refractivity (Wildman–Crippen MR) is 147 cm³/mol. The van der Waals surface area contributed by atoms with Gasteiger partial charge in [0.2, 0.25) is 11.8 Å². The lowest BCUT2D eigenvalue weighted by molar-refractivity contribution is -0.139. The predicted octanol–water partition coefficient (Wildman–Crippen LogP) is 5.97. The number of thioether (sulfide) groups is 1. The first-order valence-electron chi connectivity index (χ1n) is 11.9. The first kappa shape index (κ1) is 26.8. The molecule has 0 aliphatic carbocycles. The van der Waals surface area contributed by atoms with Gasteiger partial charge in [0.25, 0.3) is 0 Å². The van der Waals surface area contributed by atoms with Crippen molar-refractivity contribution >= 4 is 35.2 Å². The van der Waals surface area contributed by atoms with Gasteiger partial charge in [0, 0.05) is 30.3 Å². The second-order valence-corrected chi connectivity index (χ2v) is 10.1. The fourth-order valence-electron chi connectivity index (χ4n) is 4.15. The lowest BCUT2D eigenvalue weighted by Crippen LogP contribution is -2.51. The minimum atomic E-state index is -0.636. The summed E-state index contributed by atoms with van der Waals surface area (Å²) in [4.78, 5) is 28.5. The van der Waals surface area contributed by atoms with E-state index in [1.165, 1.54) is 16.7 Å². The summed E-state index contributed by atoms with van der Waals surface area (Å²) in [6.07, 6.45) is 0.435. The van der Waals surface area contributed by atoms with Gasteiger partial charge in [-0.1, -0.05) is 89.5 Å². The van der Waals surface area contributed by atoms with Crippen LogP contribution < -0.4 is 5.32 Å². The van der Waals surface area contributed by atoms with Gasteiger partial charge in [-0.25, -0.2) is 0 Å². The fourth-order valence-corrected chi connectivity index (χ4v) is 5.19. The van der Waals surface area contributed by atoms with Crippen LogP contribution in [0.3, 0.4) is 0 Å². The second-order valence-electron chi connectivity index (χ2n) is 8.70. The van der Waals surface area contributed by atoms with Crippen LogP contribution in [0.15, 0.2) is 72.8 Å². The van der Waals surface area contributed by atoms with Crippen molar-refractivity contribution in [2.24, 2.45) is 0 Å². The van der Waals surface area contributed by atoms with Gasteiger partial charge in [0.05, 0.1) is 5.75 Å². The Morgan fingerprint density at radius 3 is 2.26 bits per heavy atom. The van der Waals surface area contributed by atoms with Gasteiger partial charge in [-0.3, -0.25) is 9.59 Å². The molecule has 1 atom stereocenters. The molecule has 1 unspecified atom stereocenters. The maximum absolute atomic E-state index is 13.6. The number of aryl methyl sites for hydroxylation is 2. The lowest BCUT2D eigenvalue weighted by atomic mass is 10.0. The van der Waals surface area contributed by atoms with Gasteiger partial charge in [-0.15, -0.1) is 11.8 Å². The third kappa shape index (κ3) is 8.15. The van der Waals surface area contributed by atoms with E-state index in [1.807, 2.05) is 61.5 Å². The molecule has 6 heteroatoms. The SMILES string of the molecule is CCNC(=O)C(Cc1ccccc1)N(Cc1ccccc1Cl)C(=O)CSCc1cc(C)cc(C)c1. The number of hydrogen-bond donors (Lipinski definition) is 1. The van der Waals surface area contributed by atoms with Crippen LogP contribution in [0.5, 0.6) is 0 Å². The topological polar surface area (TPSA) is 49.4 Å². The summed E-state index contributed by atoms with van der Waals surface area (Å²) in [7, 11) is 0. The summed E-state index contributed by atoms with van der Waals surface area (Å²) < 4.78 is 0. The minimum Gasteiger partial charge on any atom is -0.355 e. The molecular weight excluding hydrogens is 476 g/mol. The highest BCUT2D eigenvalue weighted by Gasteiger charge is 2.30. The van der Waals surface area contributed by atoms with Crippen LogP contribution in [0.2, 0.25) is 5.02 Å². The van der Waals surface area contributed by atoms with Crippen molar-refractivity contribution in [2.75, 3.05) is 12.3 Å². The van der Waals surface area contributed by atoms with Gasteiger partial charge in [0.1, 0.15) is 6.04 Å². The van der Waals surface area contributed by atoms with E-state index in [0.29, 0.717) is 18.0 Å². The molecule has 1 N–H and O–H groups in total. The first-order chi connectivity index (χ1) is 16.9. The number of halogens is 1. The van der Waals surface area contributed by atoms with Crippen molar-refractivity contribution in [3.8, 4) is 0 Å². The van der Waals surface area contributed by atoms with Crippen molar-refractivity contribution in [1.82, 2.24) is 10.2 Å². The molecule has 4 nitrogen and oxygen atoms in total. The van der Waals surface area contributed by atoms with Crippen molar-refractivity contribution in [1.29, 1.82) is 0 Å². The second kappa shape index (κ2) is 13.4. The molecule has 3 rings (SSSR count). The third-order valence-electron chi connectivity index (χ3n) is 5.70. The molecule has 0 saturated carbocycles. The summed E-state index contributed by atoms with van der Waals surface area (Å²) in [5.41, 5.74) is 5.45. The molecule has 0 heterocycles. The quantitative estimate of drug-likeness (QED) is 0.347. The lowest BCUT2D eigenvalue weighted by Gasteiger charge is -2.31. The third-order valence-corrected chi connectivity index (χ3v) is 7.05. The largest absolute Gasteiger partial charge is 0.355 e. The molecule has 0 aromatic heterocycles. The first-order valence-corrected chi connectivity index (χ1v) is 13.4. The number of benzene rings is 3. The van der Waals surface area contributed by atoms with Gasteiger partial charge >= 0.3 is 0 Å². The number of carbonyl (C=O) groups is 2. The number of likely N-dealkylation sites (N-methyl/N-ethyl adjacent to an activating group) is 1. The highest BCUT2D eigenvalue weighted by Crippen LogP contribution is 2.22. The van der Waals surface area contributed by atoms with Crippen LogP contribution in [0.25, 0.3) is 0 Å². The van der Waals surface area contributed by atoms with E-state index in [0.717, 1.165) is 16.9 Å². The minimum absolute atomic E-state index is 0.0773. The molecule has 0 saturated heterocycles. The Labute approximate surface area is 218 Å². The molecule has 0 bridgehead atoms. The van der Waals surface area contributed by atoms with Gasteiger partial charge < -0.3 is 10.2 Å². The highest BCUT2D eigenvalue weighted by molar-refractivity contribution is 7.99. The molecule has 2 amide bonds. The number of nitrogens with one attached hydrogen (secondary N) is 1. The summed E-state index contributed by atoms with van der Waals surface area (Å²) in [6.45, 7) is 6.82. The van der Waals surface area contributed by atoms with Gasteiger partial charge in [-0.05, 0) is 43.5 Å². The van der Waals surface area contributed by atoms with Crippen LogP contribution in [-0.4, -0.2) is 35.1 Å². The summed E-state index contributed by atoms with van der Waals surface area (Å²) in [5, 5.41) is 3.51. The Bertz CT molecular complexity index is 1120. The van der Waals surface area contributed by atoms with E-state index in [2.05, 4.69) is 37.4 Å². The molecule has 3 aromatic carbocycles. The Kier molecular flexibility index (Phi) is 10.2. The van der Waals surface area contributed by atoms with Crippen LogP contribution in [-0.2, 0) is 28.3 Å². The van der Waals surface area contributed by atoms with Crippen molar-refractivity contribution < 1.29 is 9.59 Å². The number of nitrogens with zero attached hydrogens (tertiary/aromatic N) is 1. The molecule has 0 spiro atoms. The van der Waals surface area contributed by atoms with Gasteiger partial charge in [0.15, 0.2) is 0 Å². The molecule has 184 valence electrons. The molecular formula is C29H33ClN2O2S. The van der Waals surface area contributed by atoms with E-state index in [1.54, 1.807) is 16.7 Å². The summed E-state index contributed by atoms with van der Waals surface area (Å²) in [5.74, 6) is 0.781. The zero-order valence-corrected chi connectivity index (χ0v) is 22.2. The van der Waals surface area contributed by atoms with Gasteiger partial charge in [-0.2, -0.15) is 0 Å². The van der Waals surface area contributed by atoms with Crippen LogP contribution in [0.4, 0.5) is 0 Å². The van der Waals surface area contributed by atoms with E-state index >= 15 is 0 Å².